The lowest BCUT2D eigenvalue weighted by atomic mass is 9.76. The summed E-state index contributed by atoms with van der Waals surface area (Å²) in [5.41, 5.74) is -0.774. The van der Waals surface area contributed by atoms with Crippen molar-refractivity contribution in [3.05, 3.63) is 0 Å². The zero-order valence-corrected chi connectivity index (χ0v) is 12.5. The second kappa shape index (κ2) is 6.02. The Bertz CT molecular complexity index is 377. The van der Waals surface area contributed by atoms with E-state index in [-0.39, 0.29) is 18.0 Å². The maximum atomic E-state index is 12.3. The van der Waals surface area contributed by atoms with Crippen molar-refractivity contribution in [2.45, 2.75) is 58.4 Å². The molecule has 5 nitrogen and oxygen atoms in total. The van der Waals surface area contributed by atoms with Gasteiger partial charge in [-0.2, -0.15) is 0 Å². The zero-order chi connectivity index (χ0) is 14.8. The van der Waals surface area contributed by atoms with Gasteiger partial charge in [-0.05, 0) is 25.2 Å². The molecule has 2 amide bonds. The minimum atomic E-state index is -0.777. The number of hydrogen-bond acceptors (Lipinski definition) is 2. The van der Waals surface area contributed by atoms with Gasteiger partial charge in [-0.15, -0.1) is 0 Å². The molecule has 1 heterocycles. The third-order valence-electron chi connectivity index (χ3n) is 5.05. The molecule has 20 heavy (non-hydrogen) atoms. The van der Waals surface area contributed by atoms with E-state index >= 15 is 0 Å². The molecule has 0 aromatic heterocycles. The predicted molar refractivity (Wildman–Crippen MR) is 76.5 cm³/mol. The highest BCUT2D eigenvalue weighted by Gasteiger charge is 2.48. The van der Waals surface area contributed by atoms with Gasteiger partial charge in [0, 0.05) is 19.1 Å². The number of rotatable bonds is 3. The first kappa shape index (κ1) is 15.1. The number of nitrogens with one attached hydrogen (secondary N) is 1. The van der Waals surface area contributed by atoms with E-state index in [0.29, 0.717) is 19.5 Å². The number of carboxylic acids is 1. The van der Waals surface area contributed by atoms with Gasteiger partial charge in [-0.25, -0.2) is 4.79 Å². The lowest BCUT2D eigenvalue weighted by Crippen LogP contribution is -2.47. The van der Waals surface area contributed by atoms with Crippen molar-refractivity contribution in [2.75, 3.05) is 13.1 Å². The van der Waals surface area contributed by atoms with Crippen molar-refractivity contribution >= 4 is 12.0 Å². The fourth-order valence-corrected chi connectivity index (χ4v) is 3.41. The van der Waals surface area contributed by atoms with Crippen LogP contribution in [-0.2, 0) is 4.79 Å². The highest BCUT2D eigenvalue weighted by molar-refractivity contribution is 5.80. The summed E-state index contributed by atoms with van der Waals surface area (Å²) in [4.78, 5) is 25.5. The molecule has 2 rings (SSSR count). The van der Waals surface area contributed by atoms with Crippen molar-refractivity contribution in [3.63, 3.8) is 0 Å². The first-order chi connectivity index (χ1) is 9.45. The van der Waals surface area contributed by atoms with Crippen LogP contribution in [0.1, 0.15) is 52.4 Å². The van der Waals surface area contributed by atoms with Gasteiger partial charge in [0.15, 0.2) is 0 Å². The largest absolute Gasteiger partial charge is 0.481 e. The summed E-state index contributed by atoms with van der Waals surface area (Å²) in [5, 5.41) is 12.6. The quantitative estimate of drug-likeness (QED) is 0.835. The van der Waals surface area contributed by atoms with Gasteiger partial charge in [-0.1, -0.05) is 33.1 Å². The van der Waals surface area contributed by atoms with Crippen LogP contribution in [0.5, 0.6) is 0 Å². The third kappa shape index (κ3) is 2.91. The van der Waals surface area contributed by atoms with Gasteiger partial charge in [0.1, 0.15) is 0 Å². The Labute approximate surface area is 120 Å². The molecule has 1 saturated carbocycles. The Morgan fingerprint density at radius 2 is 1.90 bits per heavy atom. The second-order valence-corrected chi connectivity index (χ2v) is 6.57. The van der Waals surface area contributed by atoms with Gasteiger partial charge >= 0.3 is 12.0 Å². The van der Waals surface area contributed by atoms with Crippen LogP contribution in [-0.4, -0.2) is 41.1 Å². The number of aliphatic carboxylic acids is 1. The first-order valence-corrected chi connectivity index (χ1v) is 7.74. The summed E-state index contributed by atoms with van der Waals surface area (Å²) in [6, 6.07) is 0.191. The number of nitrogens with zero attached hydrogens (tertiary/aromatic N) is 1. The van der Waals surface area contributed by atoms with Crippen LogP contribution in [0.15, 0.2) is 0 Å². The fraction of sp³-hybridized carbons (Fsp3) is 0.867. The Morgan fingerprint density at radius 3 is 2.40 bits per heavy atom. The van der Waals surface area contributed by atoms with Gasteiger partial charge in [0.25, 0.3) is 0 Å². The maximum Gasteiger partial charge on any atom is 0.317 e. The van der Waals surface area contributed by atoms with Crippen molar-refractivity contribution in [2.24, 2.45) is 11.3 Å². The van der Waals surface area contributed by atoms with Gasteiger partial charge in [-0.3, -0.25) is 4.79 Å². The Morgan fingerprint density at radius 1 is 1.25 bits per heavy atom. The minimum Gasteiger partial charge on any atom is -0.481 e. The molecule has 114 valence electrons. The summed E-state index contributed by atoms with van der Waals surface area (Å²) in [6.07, 6.45) is 6.26. The average molecular weight is 282 g/mol. The fourth-order valence-electron chi connectivity index (χ4n) is 3.41. The molecule has 1 aliphatic heterocycles. The lowest BCUT2D eigenvalue weighted by molar-refractivity contribution is -0.150. The number of amides is 2. The van der Waals surface area contributed by atoms with Gasteiger partial charge < -0.3 is 15.3 Å². The zero-order valence-electron chi connectivity index (χ0n) is 12.5. The summed E-state index contributed by atoms with van der Waals surface area (Å²) in [7, 11) is 0. The van der Waals surface area contributed by atoms with E-state index in [1.807, 2.05) is 13.8 Å². The highest BCUT2D eigenvalue weighted by atomic mass is 16.4. The summed E-state index contributed by atoms with van der Waals surface area (Å²) >= 11 is 0. The van der Waals surface area contributed by atoms with Crippen LogP contribution in [0.25, 0.3) is 0 Å². The van der Waals surface area contributed by atoms with E-state index in [1.165, 1.54) is 19.3 Å². The van der Waals surface area contributed by atoms with E-state index in [9.17, 15) is 14.7 Å². The number of likely N-dealkylation sites (tertiary alicyclic amines) is 1. The highest BCUT2D eigenvalue weighted by Crippen LogP contribution is 2.38. The molecule has 0 radical (unpaired) electrons. The van der Waals surface area contributed by atoms with Crippen LogP contribution in [0.2, 0.25) is 0 Å². The molecule has 0 aromatic rings. The Hall–Kier alpha value is -1.26. The number of carboxylic acid groups (broad SMARTS) is 1. The molecule has 5 heteroatoms. The van der Waals surface area contributed by atoms with E-state index in [2.05, 4.69) is 5.32 Å². The molecule has 2 fully saturated rings. The van der Waals surface area contributed by atoms with E-state index < -0.39 is 11.4 Å². The molecule has 1 unspecified atom stereocenters. The minimum absolute atomic E-state index is 0.0347. The van der Waals surface area contributed by atoms with E-state index in [1.54, 1.807) is 4.90 Å². The van der Waals surface area contributed by atoms with Crippen molar-refractivity contribution in [3.8, 4) is 0 Å². The molecular weight excluding hydrogens is 256 g/mol. The maximum absolute atomic E-state index is 12.3. The van der Waals surface area contributed by atoms with Gasteiger partial charge in [0.2, 0.25) is 0 Å². The average Bonchev–Trinajstić information content (AvgIpc) is 2.86. The number of carbonyl (C=O) groups excluding carboxylic acids is 1. The predicted octanol–water partition coefficient (Wildman–Crippen LogP) is 2.46. The number of hydrogen-bond donors (Lipinski definition) is 2. The SMILES string of the molecule is CC(C)C1(C(=O)O)CCN(C(=O)NC2CCCCC2)C1. The summed E-state index contributed by atoms with van der Waals surface area (Å²) < 4.78 is 0. The normalized spacial score (nSPS) is 27.9. The molecule has 1 atom stereocenters. The van der Waals surface area contributed by atoms with Gasteiger partial charge in [0.05, 0.1) is 5.41 Å². The summed E-state index contributed by atoms with van der Waals surface area (Å²) in [5.74, 6) is -0.743. The molecule has 0 spiro atoms. The van der Waals surface area contributed by atoms with Crippen LogP contribution < -0.4 is 5.32 Å². The molecule has 1 saturated heterocycles. The third-order valence-corrected chi connectivity index (χ3v) is 5.05. The number of carbonyl (C=O) groups is 2. The second-order valence-electron chi connectivity index (χ2n) is 6.57. The molecule has 0 bridgehead atoms. The van der Waals surface area contributed by atoms with Crippen molar-refractivity contribution in [1.29, 1.82) is 0 Å². The smallest absolute Gasteiger partial charge is 0.317 e. The van der Waals surface area contributed by atoms with E-state index in [0.717, 1.165) is 12.8 Å². The van der Waals surface area contributed by atoms with Crippen molar-refractivity contribution < 1.29 is 14.7 Å². The first-order valence-electron chi connectivity index (χ1n) is 7.74. The Balaban J connectivity index is 1.94. The molecule has 2 aliphatic rings. The van der Waals surface area contributed by atoms with Crippen LogP contribution in [0.3, 0.4) is 0 Å². The van der Waals surface area contributed by atoms with E-state index in [4.69, 9.17) is 0 Å². The van der Waals surface area contributed by atoms with Crippen LogP contribution >= 0.6 is 0 Å². The van der Waals surface area contributed by atoms with Crippen LogP contribution in [0, 0.1) is 11.3 Å². The van der Waals surface area contributed by atoms with Crippen molar-refractivity contribution in [1.82, 2.24) is 10.2 Å². The van der Waals surface area contributed by atoms with Crippen LogP contribution in [0.4, 0.5) is 4.79 Å². The lowest BCUT2D eigenvalue weighted by Gasteiger charge is -2.30. The molecule has 0 aromatic carbocycles. The molecule has 1 aliphatic carbocycles. The molecular formula is C15H26N2O3. The summed E-state index contributed by atoms with van der Waals surface area (Å²) in [6.45, 7) is 4.73. The molecule has 2 N–H and O–H groups in total. The standard InChI is InChI=1S/C15H26N2O3/c1-11(2)15(13(18)19)8-9-17(10-15)14(20)16-12-6-4-3-5-7-12/h11-12H,3-10H2,1-2H3,(H,16,20)(H,18,19). The monoisotopic (exact) mass is 282 g/mol. The number of urea groups is 1. The Kier molecular flexibility index (Phi) is 4.55. The topological polar surface area (TPSA) is 69.6 Å².